The Morgan fingerprint density at radius 3 is 2.56 bits per heavy atom. The van der Waals surface area contributed by atoms with Gasteiger partial charge in [0.2, 0.25) is 0 Å². The summed E-state index contributed by atoms with van der Waals surface area (Å²) in [4.78, 5) is 16.1. The van der Waals surface area contributed by atoms with Gasteiger partial charge in [-0.25, -0.2) is 13.9 Å². The molecule has 2 rings (SSSR count). The summed E-state index contributed by atoms with van der Waals surface area (Å²) in [5.41, 5.74) is 1.19. The zero-order valence-electron chi connectivity index (χ0n) is 14.0. The molecule has 0 amide bonds. The number of nitrogens with one attached hydrogen (secondary N) is 1. The van der Waals surface area contributed by atoms with Crippen LogP contribution in [-0.2, 0) is 17.5 Å². The molecule has 1 N–H and O–H groups in total. The Balaban J connectivity index is 2.36. The molecule has 0 aliphatic heterocycles. The van der Waals surface area contributed by atoms with Crippen molar-refractivity contribution in [2.75, 3.05) is 0 Å². The van der Waals surface area contributed by atoms with Gasteiger partial charge in [-0.05, 0) is 45.0 Å². The highest BCUT2D eigenvalue weighted by Crippen LogP contribution is 2.39. The minimum Gasteiger partial charge on any atom is -0.298 e. The lowest BCUT2D eigenvalue weighted by molar-refractivity contribution is 0.112. The van der Waals surface area contributed by atoms with Crippen molar-refractivity contribution in [1.29, 1.82) is 0 Å². The minimum atomic E-state index is -1.25. The average molecular weight is 417 g/mol. The van der Waals surface area contributed by atoms with Crippen molar-refractivity contribution < 1.29 is 9.00 Å². The Bertz CT molecular complexity index is 808. The summed E-state index contributed by atoms with van der Waals surface area (Å²) in [6, 6.07) is 6.78. The number of aromatic nitrogens is 1. The lowest BCUT2D eigenvalue weighted by Crippen LogP contribution is -2.33. The third-order valence-electron chi connectivity index (χ3n) is 3.22. The van der Waals surface area contributed by atoms with Gasteiger partial charge in [0.1, 0.15) is 5.03 Å². The number of hydrogen-bond donors (Lipinski definition) is 1. The van der Waals surface area contributed by atoms with Crippen molar-refractivity contribution in [2.45, 2.75) is 42.0 Å². The van der Waals surface area contributed by atoms with E-state index in [0.29, 0.717) is 25.5 Å². The molecule has 0 fully saturated rings. The second-order valence-electron chi connectivity index (χ2n) is 6.16. The number of nitrogens with zero attached hydrogens (tertiary/aromatic N) is 1. The van der Waals surface area contributed by atoms with E-state index in [1.54, 1.807) is 30.5 Å². The quantitative estimate of drug-likeness (QED) is 0.679. The van der Waals surface area contributed by atoms with Gasteiger partial charge in [0.15, 0.2) is 6.29 Å². The molecule has 25 heavy (non-hydrogen) atoms. The first kappa shape index (κ1) is 20.4. The molecule has 0 bridgehead atoms. The average Bonchev–Trinajstić information content (AvgIpc) is 2.57. The minimum absolute atomic E-state index is 0.287. The highest BCUT2D eigenvalue weighted by Gasteiger charge is 2.21. The van der Waals surface area contributed by atoms with Gasteiger partial charge in [-0.1, -0.05) is 35.0 Å². The number of pyridine rings is 1. The van der Waals surface area contributed by atoms with Crippen LogP contribution >= 0.6 is 35.0 Å². The Morgan fingerprint density at radius 1 is 1.24 bits per heavy atom. The van der Waals surface area contributed by atoms with Crippen molar-refractivity contribution in [1.82, 2.24) is 9.71 Å². The number of carbonyl (C=O) groups is 1. The summed E-state index contributed by atoms with van der Waals surface area (Å²) in [7, 11) is -1.25. The predicted octanol–water partition coefficient (Wildman–Crippen LogP) is 4.90. The SMILES string of the molecule is CC(C)(C)S(=O)NCc1c(Cl)ccc(Cl)c1Sc1ncccc1C=O. The molecule has 134 valence electrons. The van der Waals surface area contributed by atoms with Crippen LogP contribution in [0.15, 0.2) is 40.4 Å². The van der Waals surface area contributed by atoms with Gasteiger partial charge in [0.05, 0.1) is 20.8 Å². The fourth-order valence-electron chi connectivity index (χ4n) is 1.88. The topological polar surface area (TPSA) is 59.1 Å². The zero-order valence-corrected chi connectivity index (χ0v) is 17.2. The number of benzene rings is 1. The van der Waals surface area contributed by atoms with Gasteiger partial charge >= 0.3 is 0 Å². The Labute approximate surface area is 164 Å². The van der Waals surface area contributed by atoms with Gasteiger partial charge in [0, 0.05) is 33.8 Å². The van der Waals surface area contributed by atoms with E-state index in [-0.39, 0.29) is 6.54 Å². The molecule has 8 heteroatoms. The summed E-state index contributed by atoms with van der Waals surface area (Å²) < 4.78 is 14.9. The maximum atomic E-state index is 12.3. The molecule has 0 aliphatic carbocycles. The molecule has 1 atom stereocenters. The van der Waals surface area contributed by atoms with E-state index in [0.717, 1.165) is 11.8 Å². The van der Waals surface area contributed by atoms with E-state index in [4.69, 9.17) is 23.2 Å². The van der Waals surface area contributed by atoms with Gasteiger partial charge in [0.25, 0.3) is 0 Å². The normalized spacial score (nSPS) is 12.8. The van der Waals surface area contributed by atoms with Crippen LogP contribution in [0.1, 0.15) is 36.7 Å². The number of halogens is 2. The summed E-state index contributed by atoms with van der Waals surface area (Å²) in [5, 5.41) is 1.55. The zero-order chi connectivity index (χ0) is 18.6. The van der Waals surface area contributed by atoms with Gasteiger partial charge in [-0.15, -0.1) is 0 Å². The number of hydrogen-bond acceptors (Lipinski definition) is 4. The van der Waals surface area contributed by atoms with E-state index < -0.39 is 15.7 Å². The Morgan fingerprint density at radius 2 is 1.92 bits per heavy atom. The monoisotopic (exact) mass is 416 g/mol. The van der Waals surface area contributed by atoms with E-state index in [9.17, 15) is 9.00 Å². The Hall–Kier alpha value is -0.920. The van der Waals surface area contributed by atoms with Crippen LogP contribution in [0.5, 0.6) is 0 Å². The fourth-order valence-corrected chi connectivity index (χ4v) is 4.17. The molecule has 1 unspecified atom stereocenters. The molecule has 4 nitrogen and oxygen atoms in total. The van der Waals surface area contributed by atoms with Crippen LogP contribution in [0.3, 0.4) is 0 Å². The van der Waals surface area contributed by atoms with E-state index in [2.05, 4.69) is 9.71 Å². The highest BCUT2D eigenvalue weighted by atomic mass is 35.5. The summed E-state index contributed by atoms with van der Waals surface area (Å²) in [6.07, 6.45) is 2.36. The molecule has 1 aromatic heterocycles. The standard InChI is InChI=1S/C17H18Cl2N2O2S2/c1-17(2,3)25(23)21-9-12-13(18)6-7-14(19)15(12)24-16-11(10-22)5-4-8-20-16/h4-8,10,21H,9H2,1-3H3. The molecule has 2 aromatic rings. The number of carbonyl (C=O) groups excluding carboxylic acids is 1. The van der Waals surface area contributed by atoms with Crippen molar-refractivity contribution in [3.05, 3.63) is 51.6 Å². The predicted molar refractivity (Wildman–Crippen MR) is 105 cm³/mol. The van der Waals surface area contributed by atoms with Gasteiger partial charge in [-0.2, -0.15) is 0 Å². The molecular weight excluding hydrogens is 399 g/mol. The van der Waals surface area contributed by atoms with E-state index >= 15 is 0 Å². The molecule has 0 saturated carbocycles. The summed E-state index contributed by atoms with van der Waals surface area (Å²) >= 11 is 14.0. The third kappa shape index (κ3) is 5.28. The molecule has 0 aliphatic rings. The number of rotatable bonds is 6. The van der Waals surface area contributed by atoms with E-state index in [1.165, 1.54) is 11.8 Å². The first-order valence-electron chi connectivity index (χ1n) is 7.44. The van der Waals surface area contributed by atoms with E-state index in [1.807, 2.05) is 20.8 Å². The van der Waals surface area contributed by atoms with Crippen molar-refractivity contribution in [3.8, 4) is 0 Å². The van der Waals surface area contributed by atoms with Crippen LogP contribution in [0, 0.1) is 0 Å². The second kappa shape index (κ2) is 8.64. The largest absolute Gasteiger partial charge is 0.298 e. The maximum Gasteiger partial charge on any atom is 0.152 e. The highest BCUT2D eigenvalue weighted by molar-refractivity contribution is 7.99. The first-order chi connectivity index (χ1) is 11.7. The lowest BCUT2D eigenvalue weighted by atomic mass is 10.2. The van der Waals surface area contributed by atoms with Crippen LogP contribution < -0.4 is 4.72 Å². The maximum absolute atomic E-state index is 12.3. The van der Waals surface area contributed by atoms with Crippen LogP contribution in [0.25, 0.3) is 0 Å². The van der Waals surface area contributed by atoms with Crippen LogP contribution in [-0.4, -0.2) is 20.2 Å². The molecule has 1 heterocycles. The third-order valence-corrected chi connectivity index (χ3v) is 6.72. The molecule has 1 aromatic carbocycles. The first-order valence-corrected chi connectivity index (χ1v) is 10.2. The smallest absolute Gasteiger partial charge is 0.152 e. The van der Waals surface area contributed by atoms with Crippen LogP contribution in [0.4, 0.5) is 0 Å². The van der Waals surface area contributed by atoms with Crippen molar-refractivity contribution in [2.24, 2.45) is 0 Å². The lowest BCUT2D eigenvalue weighted by Gasteiger charge is -2.20. The van der Waals surface area contributed by atoms with Gasteiger partial charge in [-0.3, -0.25) is 4.79 Å². The van der Waals surface area contributed by atoms with Crippen molar-refractivity contribution in [3.63, 3.8) is 0 Å². The second-order valence-corrected chi connectivity index (χ2v) is 10.0. The number of aldehydes is 1. The van der Waals surface area contributed by atoms with Gasteiger partial charge < -0.3 is 0 Å². The Kier molecular flexibility index (Phi) is 7.05. The summed E-state index contributed by atoms with van der Waals surface area (Å²) in [5.74, 6) is 0. The molecular formula is C17H18Cl2N2O2S2. The van der Waals surface area contributed by atoms with Crippen molar-refractivity contribution >= 4 is 52.2 Å². The molecule has 0 saturated heterocycles. The molecule has 0 spiro atoms. The van der Waals surface area contributed by atoms with Crippen LogP contribution in [0.2, 0.25) is 10.0 Å². The molecule has 0 radical (unpaired) electrons. The summed E-state index contributed by atoms with van der Waals surface area (Å²) in [6.45, 7) is 5.94. The fraction of sp³-hybridized carbons (Fsp3) is 0.294.